The second kappa shape index (κ2) is 14.8. The lowest BCUT2D eigenvalue weighted by Crippen LogP contribution is -2.71. The number of benzene rings is 4. The van der Waals surface area contributed by atoms with E-state index >= 15 is 0 Å². The summed E-state index contributed by atoms with van der Waals surface area (Å²) in [5.41, 5.74) is 4.59. The maximum absolute atomic E-state index is 7.85. The zero-order valence-electron chi connectivity index (χ0n) is 23.3. The molecular formula is C36H42OSi2. The van der Waals surface area contributed by atoms with E-state index in [0.29, 0.717) is 0 Å². The van der Waals surface area contributed by atoms with Gasteiger partial charge >= 0.3 is 0 Å². The minimum Gasteiger partial charge on any atom is -0.436 e. The second-order valence-corrected chi connectivity index (χ2v) is 17.0. The van der Waals surface area contributed by atoms with Crippen molar-refractivity contribution >= 4 is 37.4 Å². The molecule has 39 heavy (non-hydrogen) atoms. The van der Waals surface area contributed by atoms with E-state index in [0.717, 1.165) is 6.42 Å². The molecule has 4 aromatic carbocycles. The summed E-state index contributed by atoms with van der Waals surface area (Å²) in [6.07, 6.45) is 11.3. The minimum atomic E-state index is -2.84. The normalized spacial score (nSPS) is 12.0. The Kier molecular flexibility index (Phi) is 10.9. The van der Waals surface area contributed by atoms with Crippen LogP contribution < -0.4 is 20.7 Å². The van der Waals surface area contributed by atoms with E-state index in [1.807, 2.05) is 0 Å². The van der Waals surface area contributed by atoms with Crippen molar-refractivity contribution in [3.05, 3.63) is 145 Å². The topological polar surface area (TPSA) is 9.23 Å². The lowest BCUT2D eigenvalue weighted by molar-refractivity contribution is 0.596. The second-order valence-electron chi connectivity index (χ2n) is 10.2. The molecule has 3 heteroatoms. The van der Waals surface area contributed by atoms with Crippen LogP contribution in [0.25, 0.3) is 0 Å². The summed E-state index contributed by atoms with van der Waals surface area (Å²) in [7, 11) is -5.68. The molecule has 0 unspecified atom stereocenters. The van der Waals surface area contributed by atoms with E-state index < -0.39 is 16.6 Å². The maximum atomic E-state index is 7.85. The van der Waals surface area contributed by atoms with E-state index in [-0.39, 0.29) is 0 Å². The van der Waals surface area contributed by atoms with Gasteiger partial charge < -0.3 is 4.12 Å². The third-order valence-corrected chi connectivity index (χ3v) is 16.1. The molecule has 4 rings (SSSR count). The number of hydrogen-bond acceptors (Lipinski definition) is 1. The van der Waals surface area contributed by atoms with Gasteiger partial charge in [-0.05, 0) is 33.6 Å². The molecule has 0 radical (unpaired) electrons. The molecule has 200 valence electrons. The Hall–Kier alpha value is -3.25. The van der Waals surface area contributed by atoms with E-state index in [2.05, 4.69) is 152 Å². The van der Waals surface area contributed by atoms with Crippen molar-refractivity contribution in [2.75, 3.05) is 0 Å². The highest BCUT2D eigenvalue weighted by Gasteiger charge is 2.47. The van der Waals surface area contributed by atoms with Crippen LogP contribution in [0.1, 0.15) is 51.9 Å². The van der Waals surface area contributed by atoms with Crippen LogP contribution in [-0.2, 0) is 4.12 Å². The summed E-state index contributed by atoms with van der Waals surface area (Å²) in [6.45, 7) is 6.71. The number of unbranched alkanes of at least 4 members (excludes halogenated alkanes) is 6. The lowest BCUT2D eigenvalue weighted by Gasteiger charge is -2.40. The van der Waals surface area contributed by atoms with Crippen molar-refractivity contribution in [3.63, 3.8) is 0 Å². The molecule has 1 nitrogen and oxygen atoms in total. The molecule has 0 bridgehead atoms. The van der Waals surface area contributed by atoms with Crippen LogP contribution in [0.4, 0.5) is 0 Å². The van der Waals surface area contributed by atoms with Crippen molar-refractivity contribution in [1.29, 1.82) is 0 Å². The van der Waals surface area contributed by atoms with Gasteiger partial charge in [0.15, 0.2) is 0 Å². The quantitative estimate of drug-likeness (QED) is 0.114. The fourth-order valence-electron chi connectivity index (χ4n) is 5.36. The van der Waals surface area contributed by atoms with Gasteiger partial charge in [-0.3, -0.25) is 0 Å². The van der Waals surface area contributed by atoms with Crippen molar-refractivity contribution < 1.29 is 4.12 Å². The molecular weight excluding hydrogens is 505 g/mol. The summed E-state index contributed by atoms with van der Waals surface area (Å²) >= 11 is 0. The third-order valence-electron chi connectivity index (χ3n) is 7.50. The van der Waals surface area contributed by atoms with Crippen LogP contribution in [0.2, 0.25) is 0 Å². The van der Waals surface area contributed by atoms with Gasteiger partial charge in [0.05, 0.1) is 0 Å². The maximum Gasteiger partial charge on any atom is 0.271 e. The smallest absolute Gasteiger partial charge is 0.271 e. The van der Waals surface area contributed by atoms with Crippen molar-refractivity contribution in [1.82, 2.24) is 0 Å². The molecule has 4 aromatic rings. The van der Waals surface area contributed by atoms with E-state index in [4.69, 9.17) is 4.12 Å². The van der Waals surface area contributed by atoms with Gasteiger partial charge in [-0.15, -0.1) is 6.58 Å². The molecule has 0 N–H and O–H groups in total. The molecule has 0 spiro atoms. The Morgan fingerprint density at radius 2 is 0.923 bits per heavy atom. The first-order chi connectivity index (χ1) is 19.2. The zero-order valence-corrected chi connectivity index (χ0v) is 25.3. The summed E-state index contributed by atoms with van der Waals surface area (Å²) in [5, 5.41) is 4.97. The predicted molar refractivity (Wildman–Crippen MR) is 174 cm³/mol. The van der Waals surface area contributed by atoms with Crippen LogP contribution in [0.5, 0.6) is 0 Å². The Morgan fingerprint density at radius 3 is 1.33 bits per heavy atom. The molecule has 0 saturated heterocycles. The van der Waals surface area contributed by atoms with Crippen LogP contribution in [0, 0.1) is 0 Å². The van der Waals surface area contributed by atoms with E-state index in [9.17, 15) is 0 Å². The average Bonchev–Trinajstić information content (AvgIpc) is 3.02. The first kappa shape index (κ1) is 28.8. The number of allylic oxidation sites excluding steroid dienone is 1. The highest BCUT2D eigenvalue weighted by atomic mass is 28.4. The summed E-state index contributed by atoms with van der Waals surface area (Å²) in [5.74, 6) is 0. The van der Waals surface area contributed by atoms with Gasteiger partial charge in [0, 0.05) is 0 Å². The van der Waals surface area contributed by atoms with Gasteiger partial charge in [-0.25, -0.2) is 0 Å². The molecule has 0 aliphatic rings. The SMILES string of the molecule is C=C[Si](O[Si](C=CCCCCCCCC)(c1ccccc1)c1ccccc1)(c1ccccc1)c1ccccc1. The van der Waals surface area contributed by atoms with Crippen molar-refractivity contribution in [3.8, 4) is 0 Å². The molecule has 0 aliphatic carbocycles. The molecule has 0 saturated carbocycles. The molecule has 0 atom stereocenters. The molecule has 0 heterocycles. The predicted octanol–water partition coefficient (Wildman–Crippen LogP) is 7.09. The zero-order chi connectivity index (χ0) is 27.2. The Bertz CT molecular complexity index is 1190. The first-order valence-corrected chi connectivity index (χ1v) is 18.5. The fourth-order valence-corrected chi connectivity index (χ4v) is 14.7. The molecule has 0 fully saturated rings. The van der Waals surface area contributed by atoms with Crippen LogP contribution in [-0.4, -0.2) is 16.6 Å². The minimum absolute atomic E-state index is 1.07. The lowest BCUT2D eigenvalue weighted by atomic mass is 10.1. The summed E-state index contributed by atoms with van der Waals surface area (Å²) < 4.78 is 7.85. The fraction of sp³-hybridized carbons (Fsp3) is 0.222. The Balaban J connectivity index is 1.83. The molecule has 0 amide bonds. The highest BCUT2D eigenvalue weighted by molar-refractivity contribution is 7.12. The van der Waals surface area contributed by atoms with Gasteiger partial charge in [0.1, 0.15) is 0 Å². The number of rotatable bonds is 15. The molecule has 0 aliphatic heterocycles. The summed E-state index contributed by atoms with van der Waals surface area (Å²) in [6, 6.07) is 43.3. The summed E-state index contributed by atoms with van der Waals surface area (Å²) in [4.78, 5) is 0. The van der Waals surface area contributed by atoms with Gasteiger partial charge in [-0.2, -0.15) is 0 Å². The van der Waals surface area contributed by atoms with Gasteiger partial charge in [-0.1, -0.05) is 178 Å². The van der Waals surface area contributed by atoms with Crippen LogP contribution in [0.15, 0.2) is 145 Å². The Morgan fingerprint density at radius 1 is 0.538 bits per heavy atom. The monoisotopic (exact) mass is 546 g/mol. The van der Waals surface area contributed by atoms with E-state index in [1.54, 1.807) is 0 Å². The standard InChI is InChI=1S/C36H42OSi2/c1-3-5-6-7-8-9-10-23-32-39(35-28-19-13-20-29-35,36-30-21-14-22-31-36)37-38(4-2,33-24-15-11-16-25-33)34-26-17-12-18-27-34/h4,11-32H,2-3,5-10H2,1H3. The van der Waals surface area contributed by atoms with Crippen molar-refractivity contribution in [2.45, 2.75) is 51.9 Å². The third kappa shape index (κ3) is 7.04. The average molecular weight is 547 g/mol. The van der Waals surface area contributed by atoms with E-state index in [1.165, 1.54) is 59.3 Å². The molecule has 0 aromatic heterocycles. The van der Waals surface area contributed by atoms with Crippen LogP contribution in [0.3, 0.4) is 0 Å². The number of hydrogen-bond donors (Lipinski definition) is 0. The largest absolute Gasteiger partial charge is 0.436 e. The van der Waals surface area contributed by atoms with Gasteiger partial charge in [0.25, 0.3) is 16.6 Å². The van der Waals surface area contributed by atoms with Gasteiger partial charge in [0.2, 0.25) is 0 Å². The van der Waals surface area contributed by atoms with Crippen molar-refractivity contribution in [2.24, 2.45) is 0 Å². The van der Waals surface area contributed by atoms with Crippen LogP contribution >= 0.6 is 0 Å². The highest BCUT2D eigenvalue weighted by Crippen LogP contribution is 2.20. The first-order valence-electron chi connectivity index (χ1n) is 14.5. The Labute approximate surface area is 238 Å².